The van der Waals surface area contributed by atoms with Gasteiger partial charge < -0.3 is 10.6 Å². The van der Waals surface area contributed by atoms with Crippen molar-refractivity contribution in [1.29, 1.82) is 0 Å². The molecular formula is C22H19FN2O2S. The first-order chi connectivity index (χ1) is 13.5. The quantitative estimate of drug-likeness (QED) is 0.635. The fourth-order valence-electron chi connectivity index (χ4n) is 2.85. The van der Waals surface area contributed by atoms with E-state index in [9.17, 15) is 14.0 Å². The Morgan fingerprint density at radius 1 is 1.07 bits per heavy atom. The molecule has 4 nitrogen and oxygen atoms in total. The molecule has 0 aliphatic heterocycles. The third-order valence-corrected chi connectivity index (χ3v) is 5.34. The lowest BCUT2D eigenvalue weighted by molar-refractivity contribution is -0.134. The molecule has 6 heteroatoms. The Morgan fingerprint density at radius 3 is 2.50 bits per heavy atom. The molecule has 0 radical (unpaired) electrons. The Kier molecular flexibility index (Phi) is 6.01. The van der Waals surface area contributed by atoms with Crippen molar-refractivity contribution in [2.45, 2.75) is 6.04 Å². The lowest BCUT2D eigenvalue weighted by Crippen LogP contribution is -2.38. The van der Waals surface area contributed by atoms with Crippen LogP contribution in [0.25, 0.3) is 16.5 Å². The first kappa shape index (κ1) is 19.5. The van der Waals surface area contributed by atoms with E-state index in [-0.39, 0.29) is 0 Å². The van der Waals surface area contributed by atoms with E-state index in [0.29, 0.717) is 5.56 Å². The number of thiophene rings is 1. The van der Waals surface area contributed by atoms with E-state index in [2.05, 4.69) is 0 Å². The van der Waals surface area contributed by atoms with Gasteiger partial charge in [0.25, 0.3) is 0 Å². The first-order valence-corrected chi connectivity index (χ1v) is 9.42. The lowest BCUT2D eigenvalue weighted by atomic mass is 10.0. The summed E-state index contributed by atoms with van der Waals surface area (Å²) in [5, 5.41) is 0. The highest BCUT2D eigenvalue weighted by Crippen LogP contribution is 2.28. The molecule has 2 amide bonds. The van der Waals surface area contributed by atoms with Gasteiger partial charge in [0.1, 0.15) is 11.9 Å². The molecule has 1 aromatic heterocycles. The van der Waals surface area contributed by atoms with E-state index < -0.39 is 23.7 Å². The third-order valence-electron chi connectivity index (χ3n) is 4.24. The van der Waals surface area contributed by atoms with Crippen LogP contribution in [0.5, 0.6) is 0 Å². The molecule has 3 rings (SSSR count). The average molecular weight is 394 g/mol. The molecule has 1 heterocycles. The van der Waals surface area contributed by atoms with Gasteiger partial charge in [-0.2, -0.15) is 0 Å². The predicted molar refractivity (Wildman–Crippen MR) is 110 cm³/mol. The molecule has 0 bridgehead atoms. The van der Waals surface area contributed by atoms with Gasteiger partial charge in [-0.15, -0.1) is 11.3 Å². The summed E-state index contributed by atoms with van der Waals surface area (Å²) >= 11 is 1.55. The number of carbonyl (C=O) groups is 2. The fourth-order valence-corrected chi connectivity index (χ4v) is 3.77. The monoisotopic (exact) mass is 394 g/mol. The zero-order valence-corrected chi connectivity index (χ0v) is 16.0. The van der Waals surface area contributed by atoms with Gasteiger partial charge in [0, 0.05) is 22.9 Å². The van der Waals surface area contributed by atoms with Crippen LogP contribution in [0.4, 0.5) is 4.39 Å². The minimum atomic E-state index is -1.05. The molecule has 0 aliphatic carbocycles. The molecule has 28 heavy (non-hydrogen) atoms. The Bertz CT molecular complexity index is 1010. The molecular weight excluding hydrogens is 375 g/mol. The SMILES string of the molecule is CN(C(=O)/C=C/c1ccc(-c2ccccc2)s1)C(C(N)=O)c1cccc(F)c1. The summed E-state index contributed by atoms with van der Waals surface area (Å²) in [4.78, 5) is 27.6. The summed E-state index contributed by atoms with van der Waals surface area (Å²) in [5.41, 5.74) is 6.89. The van der Waals surface area contributed by atoms with Crippen molar-refractivity contribution in [3.63, 3.8) is 0 Å². The number of nitrogens with two attached hydrogens (primary N) is 1. The number of benzene rings is 2. The first-order valence-electron chi connectivity index (χ1n) is 8.60. The van der Waals surface area contributed by atoms with E-state index in [1.165, 1.54) is 36.2 Å². The van der Waals surface area contributed by atoms with Gasteiger partial charge in [0.15, 0.2) is 0 Å². The van der Waals surface area contributed by atoms with Crippen LogP contribution in [-0.2, 0) is 9.59 Å². The zero-order chi connectivity index (χ0) is 20.1. The van der Waals surface area contributed by atoms with Crippen LogP contribution >= 0.6 is 11.3 Å². The van der Waals surface area contributed by atoms with Gasteiger partial charge in [-0.1, -0.05) is 42.5 Å². The van der Waals surface area contributed by atoms with Gasteiger partial charge in [-0.05, 0) is 41.5 Å². The molecule has 0 saturated carbocycles. The van der Waals surface area contributed by atoms with E-state index in [4.69, 9.17) is 5.73 Å². The van der Waals surface area contributed by atoms with Crippen LogP contribution < -0.4 is 5.73 Å². The molecule has 142 valence electrons. The highest BCUT2D eigenvalue weighted by Gasteiger charge is 2.25. The summed E-state index contributed by atoms with van der Waals surface area (Å²) in [6, 6.07) is 18.3. The van der Waals surface area contributed by atoms with Crippen LogP contribution in [-0.4, -0.2) is 23.8 Å². The van der Waals surface area contributed by atoms with Crippen molar-refractivity contribution < 1.29 is 14.0 Å². The second-order valence-corrected chi connectivity index (χ2v) is 7.33. The van der Waals surface area contributed by atoms with E-state index >= 15 is 0 Å². The van der Waals surface area contributed by atoms with Gasteiger partial charge in [-0.25, -0.2) is 4.39 Å². The van der Waals surface area contributed by atoms with Gasteiger partial charge >= 0.3 is 0 Å². The predicted octanol–water partition coefficient (Wildman–Crippen LogP) is 4.25. The maximum Gasteiger partial charge on any atom is 0.247 e. The van der Waals surface area contributed by atoms with Crippen molar-refractivity contribution in [3.8, 4) is 10.4 Å². The van der Waals surface area contributed by atoms with Crippen molar-refractivity contribution >= 4 is 29.2 Å². The highest BCUT2D eigenvalue weighted by atomic mass is 32.1. The number of likely N-dealkylation sites (N-methyl/N-ethyl adjacent to an activating group) is 1. The second-order valence-electron chi connectivity index (χ2n) is 6.21. The number of carbonyl (C=O) groups excluding carboxylic acids is 2. The third kappa shape index (κ3) is 4.53. The molecule has 2 N–H and O–H groups in total. The zero-order valence-electron chi connectivity index (χ0n) is 15.2. The maximum absolute atomic E-state index is 13.5. The fraction of sp³-hybridized carbons (Fsp3) is 0.0909. The number of primary amides is 1. The van der Waals surface area contributed by atoms with E-state index in [1.807, 2.05) is 42.5 Å². The van der Waals surface area contributed by atoms with Crippen LogP contribution in [0, 0.1) is 5.82 Å². The van der Waals surface area contributed by atoms with Gasteiger partial charge in [-0.3, -0.25) is 9.59 Å². The summed E-state index contributed by atoms with van der Waals surface area (Å²) in [5.74, 6) is -1.62. The minimum absolute atomic E-state index is 0.333. The largest absolute Gasteiger partial charge is 0.368 e. The number of nitrogens with zero attached hydrogens (tertiary/aromatic N) is 1. The minimum Gasteiger partial charge on any atom is -0.368 e. The van der Waals surface area contributed by atoms with Gasteiger partial charge in [0.05, 0.1) is 0 Å². The molecule has 1 atom stereocenters. The molecule has 3 aromatic rings. The normalized spacial score (nSPS) is 12.1. The lowest BCUT2D eigenvalue weighted by Gasteiger charge is -2.25. The van der Waals surface area contributed by atoms with Crippen molar-refractivity contribution in [2.24, 2.45) is 5.73 Å². The van der Waals surface area contributed by atoms with Gasteiger partial charge in [0.2, 0.25) is 11.8 Å². The summed E-state index contributed by atoms with van der Waals surface area (Å²) in [6.07, 6.45) is 3.08. The van der Waals surface area contributed by atoms with Crippen molar-refractivity contribution in [3.05, 3.63) is 89.1 Å². The Labute approximate surface area is 166 Å². The molecule has 0 spiro atoms. The average Bonchev–Trinajstić information content (AvgIpc) is 3.16. The van der Waals surface area contributed by atoms with Crippen LogP contribution in [0.15, 0.2) is 72.8 Å². The van der Waals surface area contributed by atoms with Crippen molar-refractivity contribution in [1.82, 2.24) is 4.90 Å². The number of amides is 2. The van der Waals surface area contributed by atoms with E-state index in [1.54, 1.807) is 23.5 Å². The maximum atomic E-state index is 13.5. The topological polar surface area (TPSA) is 63.4 Å². The van der Waals surface area contributed by atoms with Crippen LogP contribution in [0.2, 0.25) is 0 Å². The number of halogens is 1. The highest BCUT2D eigenvalue weighted by molar-refractivity contribution is 7.16. The molecule has 0 fully saturated rings. The summed E-state index contributed by atoms with van der Waals surface area (Å²) in [7, 11) is 1.47. The van der Waals surface area contributed by atoms with Crippen LogP contribution in [0.3, 0.4) is 0 Å². The van der Waals surface area contributed by atoms with E-state index in [0.717, 1.165) is 15.3 Å². The Balaban J connectivity index is 1.76. The summed E-state index contributed by atoms with van der Waals surface area (Å²) < 4.78 is 13.5. The van der Waals surface area contributed by atoms with Crippen molar-refractivity contribution in [2.75, 3.05) is 7.05 Å². The Hall–Kier alpha value is -3.25. The number of rotatable bonds is 6. The number of hydrogen-bond acceptors (Lipinski definition) is 3. The van der Waals surface area contributed by atoms with Crippen LogP contribution in [0.1, 0.15) is 16.5 Å². The molecule has 0 saturated heterocycles. The molecule has 1 unspecified atom stereocenters. The molecule has 2 aromatic carbocycles. The number of hydrogen-bond donors (Lipinski definition) is 1. The molecule has 0 aliphatic rings. The standard InChI is InChI=1S/C22H19FN2O2S/c1-25(21(22(24)27)16-8-5-9-17(23)14-16)20(26)13-11-18-10-12-19(28-18)15-6-3-2-4-7-15/h2-14,21H,1H3,(H2,24,27)/b13-11+. The smallest absolute Gasteiger partial charge is 0.247 e. The summed E-state index contributed by atoms with van der Waals surface area (Å²) in [6.45, 7) is 0. The second kappa shape index (κ2) is 8.63. The Morgan fingerprint density at radius 2 is 1.82 bits per heavy atom.